The summed E-state index contributed by atoms with van der Waals surface area (Å²) >= 11 is 0. The number of hydrogen-bond acceptors (Lipinski definition) is 6. The van der Waals surface area contributed by atoms with Crippen molar-refractivity contribution in [2.24, 2.45) is 0 Å². The number of fused-ring (bicyclic) bond motifs is 1. The number of likely N-dealkylation sites (N-methyl/N-ethyl adjacent to an activating group) is 1. The molecule has 2 heterocycles. The summed E-state index contributed by atoms with van der Waals surface area (Å²) in [5.41, 5.74) is 2.46. The lowest BCUT2D eigenvalue weighted by Crippen LogP contribution is -2.36. The van der Waals surface area contributed by atoms with Crippen LogP contribution >= 0.6 is 0 Å². The predicted octanol–water partition coefficient (Wildman–Crippen LogP) is 1.53. The summed E-state index contributed by atoms with van der Waals surface area (Å²) in [5.74, 6) is -0.338. The van der Waals surface area contributed by atoms with E-state index in [1.807, 2.05) is 19.1 Å². The molecule has 1 aromatic carbocycles. The van der Waals surface area contributed by atoms with E-state index in [0.717, 1.165) is 16.5 Å². The fourth-order valence-corrected chi connectivity index (χ4v) is 2.73. The molecule has 2 N–H and O–H groups in total. The fourth-order valence-electron chi connectivity index (χ4n) is 2.73. The Balaban J connectivity index is 1.58. The summed E-state index contributed by atoms with van der Waals surface area (Å²) in [7, 11) is 1.60. The number of aliphatic hydroxyl groups is 1. The zero-order valence-corrected chi connectivity index (χ0v) is 15.1. The number of carbonyl (C=O) groups is 2. The minimum atomic E-state index is -0.347. The van der Waals surface area contributed by atoms with E-state index in [1.165, 1.54) is 11.0 Å². The summed E-state index contributed by atoms with van der Waals surface area (Å²) in [6.07, 6.45) is 1.72. The van der Waals surface area contributed by atoms with Crippen LogP contribution in [0.5, 0.6) is 0 Å². The number of nitrogens with one attached hydrogen (secondary N) is 1. The first-order chi connectivity index (χ1) is 13.0. The van der Waals surface area contributed by atoms with E-state index in [9.17, 15) is 9.59 Å². The minimum absolute atomic E-state index is 0.116. The van der Waals surface area contributed by atoms with Crippen molar-refractivity contribution in [2.45, 2.75) is 13.5 Å². The van der Waals surface area contributed by atoms with E-state index < -0.39 is 0 Å². The monoisotopic (exact) mass is 368 g/mol. The molecule has 3 aromatic rings. The summed E-state index contributed by atoms with van der Waals surface area (Å²) in [6.45, 7) is 2.19. The van der Waals surface area contributed by atoms with Gasteiger partial charge in [-0.15, -0.1) is 0 Å². The van der Waals surface area contributed by atoms with Gasteiger partial charge in [0.2, 0.25) is 0 Å². The largest absolute Gasteiger partial charge is 0.388 e. The first kappa shape index (κ1) is 18.5. The Hall–Kier alpha value is -3.26. The number of aliphatic hydroxyl groups excluding tert-OH is 1. The number of nitrogens with zero attached hydrogens (tertiary/aromatic N) is 3. The van der Waals surface area contributed by atoms with E-state index in [-0.39, 0.29) is 36.4 Å². The van der Waals surface area contributed by atoms with Crippen LogP contribution in [-0.2, 0) is 6.61 Å². The van der Waals surface area contributed by atoms with Crippen LogP contribution < -0.4 is 5.32 Å². The van der Waals surface area contributed by atoms with Crippen LogP contribution in [0.3, 0.4) is 0 Å². The Kier molecular flexibility index (Phi) is 5.46. The third-order valence-electron chi connectivity index (χ3n) is 4.17. The molecule has 0 aliphatic carbocycles. The first-order valence-electron chi connectivity index (χ1n) is 8.45. The maximum absolute atomic E-state index is 12.4. The Morgan fingerprint density at radius 3 is 2.85 bits per heavy atom. The quantitative estimate of drug-likeness (QED) is 0.683. The molecule has 0 aliphatic heterocycles. The number of aromatic nitrogens is 2. The zero-order valence-electron chi connectivity index (χ0n) is 15.1. The lowest BCUT2D eigenvalue weighted by Gasteiger charge is -2.16. The van der Waals surface area contributed by atoms with E-state index in [4.69, 9.17) is 9.63 Å². The van der Waals surface area contributed by atoms with Gasteiger partial charge in [0.1, 0.15) is 6.61 Å². The van der Waals surface area contributed by atoms with Crippen molar-refractivity contribution < 1.29 is 19.2 Å². The van der Waals surface area contributed by atoms with Crippen molar-refractivity contribution in [3.05, 3.63) is 59.1 Å². The van der Waals surface area contributed by atoms with Crippen molar-refractivity contribution in [3.63, 3.8) is 0 Å². The van der Waals surface area contributed by atoms with Gasteiger partial charge in [-0.05, 0) is 30.7 Å². The SMILES string of the molecule is Cc1cc(C(=O)NCCN(C)C(=O)c2cc(CO)on2)cc2cccnc12. The van der Waals surface area contributed by atoms with Crippen LogP contribution in [0.15, 0.2) is 41.1 Å². The van der Waals surface area contributed by atoms with E-state index in [0.29, 0.717) is 12.1 Å². The molecule has 140 valence electrons. The molecule has 27 heavy (non-hydrogen) atoms. The third-order valence-corrected chi connectivity index (χ3v) is 4.17. The maximum Gasteiger partial charge on any atom is 0.275 e. The molecule has 2 aromatic heterocycles. The summed E-state index contributed by atoms with van der Waals surface area (Å²) in [6, 6.07) is 8.73. The van der Waals surface area contributed by atoms with Crippen LogP contribution in [-0.4, -0.2) is 52.1 Å². The molecule has 0 fully saturated rings. The lowest BCUT2D eigenvalue weighted by atomic mass is 10.1. The van der Waals surface area contributed by atoms with Gasteiger partial charge in [0.15, 0.2) is 11.5 Å². The zero-order chi connectivity index (χ0) is 19.4. The Labute approximate surface area is 155 Å². The van der Waals surface area contributed by atoms with Crippen LogP contribution in [0, 0.1) is 6.92 Å². The van der Waals surface area contributed by atoms with Gasteiger partial charge in [-0.25, -0.2) is 0 Å². The Morgan fingerprint density at radius 1 is 1.30 bits per heavy atom. The highest BCUT2D eigenvalue weighted by molar-refractivity contribution is 5.99. The number of rotatable bonds is 6. The number of aryl methyl sites for hydroxylation is 1. The molecule has 0 bridgehead atoms. The standard InChI is InChI=1S/C19H20N4O4/c1-12-8-14(9-13-4-3-5-20-17(12)13)18(25)21-6-7-23(2)19(26)16-10-15(11-24)27-22-16/h3-5,8-10,24H,6-7,11H2,1-2H3,(H,21,25). The van der Waals surface area contributed by atoms with Crippen molar-refractivity contribution in [1.82, 2.24) is 20.4 Å². The van der Waals surface area contributed by atoms with Crippen LogP contribution in [0.1, 0.15) is 32.2 Å². The molecule has 0 radical (unpaired) electrons. The van der Waals surface area contributed by atoms with Gasteiger partial charge in [0.05, 0.1) is 5.52 Å². The second kappa shape index (κ2) is 7.96. The van der Waals surface area contributed by atoms with E-state index in [1.54, 1.807) is 25.4 Å². The highest BCUT2D eigenvalue weighted by atomic mass is 16.5. The van der Waals surface area contributed by atoms with E-state index >= 15 is 0 Å². The van der Waals surface area contributed by atoms with Gasteiger partial charge in [-0.3, -0.25) is 14.6 Å². The molecule has 0 aliphatic rings. The Bertz CT molecular complexity index is 983. The first-order valence-corrected chi connectivity index (χ1v) is 8.45. The second-order valence-corrected chi connectivity index (χ2v) is 6.19. The highest BCUT2D eigenvalue weighted by Crippen LogP contribution is 2.18. The number of amides is 2. The molecule has 2 amide bonds. The topological polar surface area (TPSA) is 109 Å². The average Bonchev–Trinajstić information content (AvgIpc) is 3.16. The van der Waals surface area contributed by atoms with Crippen LogP contribution in [0.2, 0.25) is 0 Å². The maximum atomic E-state index is 12.4. The molecule has 8 heteroatoms. The van der Waals surface area contributed by atoms with Crippen molar-refractivity contribution in [1.29, 1.82) is 0 Å². The summed E-state index contributed by atoms with van der Waals surface area (Å²) in [4.78, 5) is 30.4. The number of hydrogen-bond donors (Lipinski definition) is 2. The molecule has 8 nitrogen and oxygen atoms in total. The van der Waals surface area contributed by atoms with Gasteiger partial charge >= 0.3 is 0 Å². The number of pyridine rings is 1. The van der Waals surface area contributed by atoms with Gasteiger partial charge < -0.3 is 19.8 Å². The fraction of sp³-hybridized carbons (Fsp3) is 0.263. The van der Waals surface area contributed by atoms with E-state index in [2.05, 4.69) is 15.5 Å². The average molecular weight is 368 g/mol. The molecule has 0 saturated heterocycles. The smallest absolute Gasteiger partial charge is 0.275 e. The van der Waals surface area contributed by atoms with Gasteiger partial charge in [0, 0.05) is 43.4 Å². The third kappa shape index (κ3) is 4.12. The molecule has 0 unspecified atom stereocenters. The minimum Gasteiger partial charge on any atom is -0.388 e. The van der Waals surface area contributed by atoms with Gasteiger partial charge in [-0.1, -0.05) is 11.2 Å². The van der Waals surface area contributed by atoms with Crippen molar-refractivity contribution in [3.8, 4) is 0 Å². The number of benzene rings is 1. The predicted molar refractivity (Wildman–Crippen MR) is 98.2 cm³/mol. The molecular formula is C19H20N4O4. The van der Waals surface area contributed by atoms with Crippen LogP contribution in [0.4, 0.5) is 0 Å². The second-order valence-electron chi connectivity index (χ2n) is 6.19. The lowest BCUT2D eigenvalue weighted by molar-refractivity contribution is 0.0777. The van der Waals surface area contributed by atoms with Crippen molar-refractivity contribution in [2.75, 3.05) is 20.1 Å². The normalized spacial score (nSPS) is 10.8. The number of carbonyl (C=O) groups excluding carboxylic acids is 2. The molecule has 3 rings (SSSR count). The van der Waals surface area contributed by atoms with Crippen LogP contribution in [0.25, 0.3) is 10.9 Å². The summed E-state index contributed by atoms with van der Waals surface area (Å²) in [5, 5.41) is 16.3. The van der Waals surface area contributed by atoms with Gasteiger partial charge in [-0.2, -0.15) is 0 Å². The molecule has 0 spiro atoms. The van der Waals surface area contributed by atoms with Gasteiger partial charge in [0.25, 0.3) is 11.8 Å². The Morgan fingerprint density at radius 2 is 2.11 bits per heavy atom. The highest BCUT2D eigenvalue weighted by Gasteiger charge is 2.17. The molecular weight excluding hydrogens is 348 g/mol. The van der Waals surface area contributed by atoms with Crippen molar-refractivity contribution >= 4 is 22.7 Å². The molecule has 0 saturated carbocycles. The summed E-state index contributed by atoms with van der Waals surface area (Å²) < 4.78 is 4.81. The molecule has 0 atom stereocenters.